The number of nitrogens with zero attached hydrogens (tertiary/aromatic N) is 1. The van der Waals surface area contributed by atoms with Crippen molar-refractivity contribution in [3.8, 4) is 0 Å². The SMILES string of the molecule is COC(=O)c1cc(N)cc(Cl)c1N(C)CC(F)F. The lowest BCUT2D eigenvalue weighted by molar-refractivity contribution is 0.0601. The number of nitrogens with two attached hydrogens (primary N) is 1. The summed E-state index contributed by atoms with van der Waals surface area (Å²) in [6.45, 7) is -0.548. The Labute approximate surface area is 108 Å². The van der Waals surface area contributed by atoms with Crippen LogP contribution < -0.4 is 10.6 Å². The molecule has 1 rings (SSSR count). The molecular formula is C11H13ClF2N2O2. The van der Waals surface area contributed by atoms with Crippen LogP contribution in [-0.2, 0) is 4.74 Å². The number of benzene rings is 1. The number of esters is 1. The smallest absolute Gasteiger partial charge is 0.340 e. The van der Waals surface area contributed by atoms with E-state index in [9.17, 15) is 13.6 Å². The molecule has 0 bridgehead atoms. The molecule has 0 atom stereocenters. The first kappa shape index (κ1) is 14.5. The molecule has 1 aromatic carbocycles. The third-order valence-electron chi connectivity index (χ3n) is 2.28. The van der Waals surface area contributed by atoms with Crippen molar-refractivity contribution in [1.82, 2.24) is 0 Å². The predicted octanol–water partition coefficient (Wildman–Crippen LogP) is 2.41. The Morgan fingerprint density at radius 2 is 2.17 bits per heavy atom. The number of nitrogen functional groups attached to an aromatic ring is 1. The maximum atomic E-state index is 12.4. The summed E-state index contributed by atoms with van der Waals surface area (Å²) < 4.78 is 29.3. The van der Waals surface area contributed by atoms with Crippen LogP contribution in [0.2, 0.25) is 5.02 Å². The maximum absolute atomic E-state index is 12.4. The number of hydrogen-bond donors (Lipinski definition) is 1. The fourth-order valence-electron chi connectivity index (χ4n) is 1.57. The van der Waals surface area contributed by atoms with E-state index in [1.807, 2.05) is 0 Å². The van der Waals surface area contributed by atoms with E-state index in [-0.39, 0.29) is 22.0 Å². The van der Waals surface area contributed by atoms with Crippen molar-refractivity contribution in [3.63, 3.8) is 0 Å². The molecule has 100 valence electrons. The summed E-state index contributed by atoms with van der Waals surface area (Å²) in [7, 11) is 2.60. The van der Waals surface area contributed by atoms with Gasteiger partial charge in [0.1, 0.15) is 0 Å². The Morgan fingerprint density at radius 1 is 1.56 bits per heavy atom. The van der Waals surface area contributed by atoms with Gasteiger partial charge < -0.3 is 15.4 Å². The van der Waals surface area contributed by atoms with Crippen LogP contribution in [0.3, 0.4) is 0 Å². The van der Waals surface area contributed by atoms with Crippen LogP contribution in [0.25, 0.3) is 0 Å². The van der Waals surface area contributed by atoms with Crippen LogP contribution in [0.4, 0.5) is 20.2 Å². The molecule has 0 radical (unpaired) electrons. The second kappa shape index (κ2) is 5.86. The van der Waals surface area contributed by atoms with E-state index in [0.29, 0.717) is 0 Å². The van der Waals surface area contributed by atoms with Gasteiger partial charge in [-0.3, -0.25) is 0 Å². The molecule has 0 aliphatic heterocycles. The molecule has 0 aliphatic carbocycles. The largest absolute Gasteiger partial charge is 0.465 e. The number of rotatable bonds is 4. The van der Waals surface area contributed by atoms with Gasteiger partial charge in [0.05, 0.1) is 29.9 Å². The fourth-order valence-corrected chi connectivity index (χ4v) is 1.94. The van der Waals surface area contributed by atoms with Gasteiger partial charge in [0.2, 0.25) is 0 Å². The molecule has 7 heteroatoms. The summed E-state index contributed by atoms with van der Waals surface area (Å²) in [6, 6.07) is 2.74. The lowest BCUT2D eigenvalue weighted by Gasteiger charge is -2.22. The zero-order chi connectivity index (χ0) is 13.9. The quantitative estimate of drug-likeness (QED) is 0.679. The van der Waals surface area contributed by atoms with Crippen molar-refractivity contribution in [2.75, 3.05) is 31.3 Å². The van der Waals surface area contributed by atoms with Crippen LogP contribution in [0.5, 0.6) is 0 Å². The Morgan fingerprint density at radius 3 is 2.67 bits per heavy atom. The molecule has 1 aromatic rings. The van der Waals surface area contributed by atoms with Crippen LogP contribution in [0.15, 0.2) is 12.1 Å². The predicted molar refractivity (Wildman–Crippen MR) is 66.5 cm³/mol. The van der Waals surface area contributed by atoms with Gasteiger partial charge in [-0.1, -0.05) is 11.6 Å². The minimum Gasteiger partial charge on any atom is -0.465 e. The van der Waals surface area contributed by atoms with E-state index < -0.39 is 18.9 Å². The summed E-state index contributed by atoms with van der Waals surface area (Å²) in [6.07, 6.45) is -2.55. The summed E-state index contributed by atoms with van der Waals surface area (Å²) in [5.74, 6) is -0.680. The van der Waals surface area contributed by atoms with E-state index in [1.54, 1.807) is 0 Å². The minimum atomic E-state index is -2.55. The second-order valence-electron chi connectivity index (χ2n) is 3.66. The molecule has 18 heavy (non-hydrogen) atoms. The van der Waals surface area contributed by atoms with Crippen molar-refractivity contribution < 1.29 is 18.3 Å². The summed E-state index contributed by atoms with van der Waals surface area (Å²) >= 11 is 5.94. The fraction of sp³-hybridized carbons (Fsp3) is 0.364. The Kier molecular flexibility index (Phi) is 4.72. The van der Waals surface area contributed by atoms with Gasteiger partial charge in [-0.05, 0) is 12.1 Å². The summed E-state index contributed by atoms with van der Waals surface area (Å²) in [5.41, 5.74) is 6.06. The van der Waals surface area contributed by atoms with Gasteiger partial charge in [-0.25, -0.2) is 13.6 Å². The number of methoxy groups -OCH3 is 1. The molecule has 0 unspecified atom stereocenters. The molecule has 0 saturated heterocycles. The van der Waals surface area contributed by atoms with Crippen molar-refractivity contribution >= 4 is 28.9 Å². The standard InChI is InChI=1S/C11H13ClF2N2O2/c1-16(5-9(13)14)10-7(11(17)18-2)3-6(15)4-8(10)12/h3-4,9H,5,15H2,1-2H3. The van der Waals surface area contributed by atoms with Gasteiger partial charge >= 0.3 is 5.97 Å². The normalized spacial score (nSPS) is 10.6. The zero-order valence-electron chi connectivity index (χ0n) is 9.91. The molecule has 2 N–H and O–H groups in total. The van der Waals surface area contributed by atoms with Gasteiger partial charge in [-0.2, -0.15) is 0 Å². The Hall–Kier alpha value is -1.56. The Bertz CT molecular complexity index is 455. The van der Waals surface area contributed by atoms with Gasteiger partial charge in [0.15, 0.2) is 0 Å². The van der Waals surface area contributed by atoms with E-state index in [4.69, 9.17) is 17.3 Å². The number of ether oxygens (including phenoxy) is 1. The number of carbonyl (C=O) groups excluding carboxylic acids is 1. The summed E-state index contributed by atoms with van der Waals surface area (Å²) in [4.78, 5) is 12.8. The lowest BCUT2D eigenvalue weighted by Crippen LogP contribution is -2.26. The highest BCUT2D eigenvalue weighted by atomic mass is 35.5. The van der Waals surface area contributed by atoms with Crippen molar-refractivity contribution in [2.45, 2.75) is 6.43 Å². The topological polar surface area (TPSA) is 55.6 Å². The average Bonchev–Trinajstić information content (AvgIpc) is 2.25. The molecule has 4 nitrogen and oxygen atoms in total. The number of anilines is 2. The number of hydrogen-bond acceptors (Lipinski definition) is 4. The second-order valence-corrected chi connectivity index (χ2v) is 4.07. The van der Waals surface area contributed by atoms with Crippen LogP contribution >= 0.6 is 11.6 Å². The monoisotopic (exact) mass is 278 g/mol. The first-order valence-electron chi connectivity index (χ1n) is 5.03. The minimum absolute atomic E-state index is 0.0608. The van der Waals surface area contributed by atoms with Gasteiger partial charge in [0, 0.05) is 12.7 Å². The third kappa shape index (κ3) is 3.22. The highest BCUT2D eigenvalue weighted by molar-refractivity contribution is 6.34. The number of alkyl halides is 2. The van der Waals surface area contributed by atoms with E-state index in [1.165, 1.54) is 31.2 Å². The van der Waals surface area contributed by atoms with Crippen LogP contribution in [0, 0.1) is 0 Å². The van der Waals surface area contributed by atoms with Crippen LogP contribution in [0.1, 0.15) is 10.4 Å². The van der Waals surface area contributed by atoms with Crippen molar-refractivity contribution in [3.05, 3.63) is 22.7 Å². The molecule has 0 amide bonds. The van der Waals surface area contributed by atoms with E-state index in [2.05, 4.69) is 4.74 Å². The van der Waals surface area contributed by atoms with Crippen molar-refractivity contribution in [2.24, 2.45) is 0 Å². The molecule has 0 saturated carbocycles. The molecule has 0 heterocycles. The molecule has 0 fully saturated rings. The number of halogens is 3. The summed E-state index contributed by atoms with van der Waals surface area (Å²) in [5, 5.41) is 0.124. The first-order chi connectivity index (χ1) is 8.36. The molecule has 0 aromatic heterocycles. The molecular weight excluding hydrogens is 266 g/mol. The third-order valence-corrected chi connectivity index (χ3v) is 2.57. The van der Waals surface area contributed by atoms with Crippen molar-refractivity contribution in [1.29, 1.82) is 0 Å². The zero-order valence-corrected chi connectivity index (χ0v) is 10.7. The average molecular weight is 279 g/mol. The van der Waals surface area contributed by atoms with E-state index >= 15 is 0 Å². The molecule has 0 spiro atoms. The number of carbonyl (C=O) groups is 1. The highest BCUT2D eigenvalue weighted by Gasteiger charge is 2.21. The lowest BCUT2D eigenvalue weighted by atomic mass is 10.1. The Balaban J connectivity index is 3.27. The van der Waals surface area contributed by atoms with Gasteiger partial charge in [0.25, 0.3) is 6.43 Å². The molecule has 0 aliphatic rings. The van der Waals surface area contributed by atoms with E-state index in [0.717, 1.165) is 0 Å². The maximum Gasteiger partial charge on any atom is 0.340 e. The highest BCUT2D eigenvalue weighted by Crippen LogP contribution is 2.32. The van der Waals surface area contributed by atoms with Crippen LogP contribution in [-0.4, -0.2) is 33.1 Å². The first-order valence-corrected chi connectivity index (χ1v) is 5.41. The van der Waals surface area contributed by atoms with Gasteiger partial charge in [-0.15, -0.1) is 0 Å².